The van der Waals surface area contributed by atoms with Gasteiger partial charge in [0.15, 0.2) is 34.9 Å². The Morgan fingerprint density at radius 1 is 0.776 bits per heavy atom. The molecule has 6 N–H and O–H groups in total. The first kappa shape index (κ1) is 49.9. The molecule has 0 bridgehead atoms. The number of nitrogen functional groups attached to an aromatic ring is 2. The molecule has 0 radical (unpaired) electrons. The normalized spacial score (nSPS) is 20.7. The van der Waals surface area contributed by atoms with Crippen molar-refractivity contribution in [2.24, 2.45) is 10.3 Å². The van der Waals surface area contributed by atoms with E-state index in [0.717, 1.165) is 56.8 Å². The number of thioether (sulfide) groups is 4. The maximum atomic E-state index is 12.7. The zero-order valence-electron chi connectivity index (χ0n) is 31.2. The van der Waals surface area contributed by atoms with Gasteiger partial charge in [-0.25, -0.2) is 9.97 Å². The second-order valence-electron chi connectivity index (χ2n) is 11.5. The summed E-state index contributed by atoms with van der Waals surface area (Å²) in [6, 6.07) is -1.43. The van der Waals surface area contributed by atoms with E-state index < -0.39 is 49.1 Å². The number of aliphatic carboxylic acids is 2. The zero-order chi connectivity index (χ0) is 40.5. The second kappa shape index (κ2) is 23.5. The molecule has 4 aliphatic rings. The summed E-state index contributed by atoms with van der Waals surface area (Å²) in [5.41, 5.74) is 13.2. The van der Waals surface area contributed by atoms with Crippen LogP contribution in [0.2, 0.25) is 0 Å². The number of carboxylic acid groups (broad SMARTS) is 2. The van der Waals surface area contributed by atoms with Crippen LogP contribution in [0.15, 0.2) is 44.6 Å². The fraction of sp³-hybridized carbons (Fsp3) is 0.400. The number of thiazole rings is 2. The molecule has 2 aromatic rings. The third-order valence-electron chi connectivity index (χ3n) is 7.55. The van der Waals surface area contributed by atoms with Crippen LogP contribution in [-0.4, -0.2) is 138 Å². The second-order valence-corrected chi connectivity index (χ2v) is 17.3. The van der Waals surface area contributed by atoms with E-state index in [1.807, 2.05) is 24.9 Å². The van der Waals surface area contributed by atoms with E-state index in [2.05, 4.69) is 40.6 Å². The fourth-order valence-electron chi connectivity index (χ4n) is 5.17. The van der Waals surface area contributed by atoms with Gasteiger partial charge >= 0.3 is 59.1 Å². The molecule has 20 nitrogen and oxygen atoms in total. The Balaban J connectivity index is 0.000000300. The van der Waals surface area contributed by atoms with Crippen LogP contribution in [0, 0.1) is 0 Å². The average Bonchev–Trinajstić information content (AvgIpc) is 3.80. The van der Waals surface area contributed by atoms with Gasteiger partial charge < -0.3 is 61.4 Å². The number of carbonyl (C=O) groups is 6. The van der Waals surface area contributed by atoms with Gasteiger partial charge in [-0.15, -0.1) is 46.2 Å². The van der Waals surface area contributed by atoms with Gasteiger partial charge in [0.25, 0.3) is 23.6 Å². The van der Waals surface area contributed by atoms with Crippen molar-refractivity contribution in [1.82, 2.24) is 30.4 Å². The molecule has 28 heteroatoms. The summed E-state index contributed by atoms with van der Waals surface area (Å²) < 4.78 is 0. The smallest absolute Gasteiger partial charge is 0.546 e. The van der Waals surface area contributed by atoms with Crippen LogP contribution < -0.4 is 91.4 Å². The Morgan fingerprint density at radius 3 is 1.47 bits per heavy atom. The third-order valence-corrected chi connectivity index (χ3v) is 13.0. The zero-order valence-corrected chi connectivity index (χ0v) is 40.1. The Bertz CT molecular complexity index is 1860. The Kier molecular flexibility index (Phi) is 20.2. The molecule has 6 rings (SSSR count). The van der Waals surface area contributed by atoms with Gasteiger partial charge in [0.2, 0.25) is 0 Å². The minimum Gasteiger partial charge on any atom is -0.546 e. The van der Waals surface area contributed by atoms with Crippen molar-refractivity contribution in [3.63, 3.8) is 0 Å². The Morgan fingerprint density at radius 2 is 1.16 bits per heavy atom. The summed E-state index contributed by atoms with van der Waals surface area (Å²) in [5.74, 6) is -1.59. The van der Waals surface area contributed by atoms with Crippen LogP contribution in [0.5, 0.6) is 0 Å². The monoisotopic (exact) mass is 930 g/mol. The van der Waals surface area contributed by atoms with Gasteiger partial charge in [0, 0.05) is 46.2 Å². The molecule has 4 amide bonds. The number of fused-ring (bicyclic) bond motifs is 2. The largest absolute Gasteiger partial charge is 1.00 e. The number of rotatable bonds is 16. The van der Waals surface area contributed by atoms with Crippen LogP contribution in [0.3, 0.4) is 0 Å². The fourth-order valence-corrected chi connectivity index (χ4v) is 10.1. The van der Waals surface area contributed by atoms with Crippen molar-refractivity contribution in [2.45, 2.75) is 22.8 Å². The molecule has 0 unspecified atom stereocenters. The first-order valence-electron chi connectivity index (χ1n) is 15.9. The van der Waals surface area contributed by atoms with Crippen molar-refractivity contribution in [1.29, 1.82) is 0 Å². The summed E-state index contributed by atoms with van der Waals surface area (Å²) in [5, 5.41) is 36.3. The molecule has 0 spiro atoms. The van der Waals surface area contributed by atoms with Crippen LogP contribution in [-0.2, 0) is 38.4 Å². The molecule has 0 saturated carbocycles. The van der Waals surface area contributed by atoms with Crippen molar-refractivity contribution in [3.8, 4) is 0 Å². The van der Waals surface area contributed by atoms with Gasteiger partial charge in [-0.05, 0) is 23.7 Å². The molecule has 2 fully saturated rings. The molecule has 58 heavy (non-hydrogen) atoms. The maximum Gasteiger partial charge on any atom is 1.00 e. The first-order valence-corrected chi connectivity index (χ1v) is 22.5. The number of nitrogens with one attached hydrogen (secondary N) is 2. The number of hydrogen-bond acceptors (Lipinski definition) is 22. The molecule has 0 aliphatic carbocycles. The molecule has 0 aromatic carbocycles. The predicted octanol–water partition coefficient (Wildman–Crippen LogP) is -8.31. The number of hydrogen-bond donors (Lipinski definition) is 4. The van der Waals surface area contributed by atoms with Crippen LogP contribution in [0.4, 0.5) is 10.3 Å². The van der Waals surface area contributed by atoms with Gasteiger partial charge in [0.1, 0.15) is 34.2 Å². The van der Waals surface area contributed by atoms with Gasteiger partial charge in [-0.1, -0.05) is 10.3 Å². The summed E-state index contributed by atoms with van der Waals surface area (Å²) in [6.45, 7) is -1.65. The third kappa shape index (κ3) is 12.8. The van der Waals surface area contributed by atoms with E-state index >= 15 is 0 Å². The van der Waals surface area contributed by atoms with E-state index in [9.17, 15) is 39.0 Å². The Labute approximate surface area is 400 Å². The number of aromatic nitrogens is 2. The van der Waals surface area contributed by atoms with Crippen LogP contribution in [0.25, 0.3) is 0 Å². The molecule has 6 heterocycles. The van der Waals surface area contributed by atoms with Crippen molar-refractivity contribution < 1.29 is 108 Å². The number of carboxylic acids is 2. The summed E-state index contributed by atoms with van der Waals surface area (Å²) in [4.78, 5) is 91.5. The van der Waals surface area contributed by atoms with Gasteiger partial charge in [-0.3, -0.25) is 19.2 Å². The summed E-state index contributed by atoms with van der Waals surface area (Å²) >= 11 is 8.66. The average molecular weight is 931 g/mol. The molecular weight excluding hydrogens is 899 g/mol. The number of β-lactam (4-membered cyclic amide) rings is 2. The van der Waals surface area contributed by atoms with E-state index in [1.165, 1.54) is 10.8 Å². The number of anilines is 2. The number of oxime groups is 2. The molecule has 300 valence electrons. The quantitative estimate of drug-likeness (QED) is 0.0526. The molecular formula is C30H32N10Na2O10S6. The number of carbonyl (C=O) groups excluding carboxylic acids is 6. The predicted molar refractivity (Wildman–Crippen MR) is 211 cm³/mol. The molecule has 4 atom stereocenters. The minimum atomic E-state index is -1.49. The van der Waals surface area contributed by atoms with Crippen LogP contribution >= 0.6 is 69.7 Å². The number of nitrogens with two attached hydrogens (primary N) is 2. The molecule has 4 aliphatic heterocycles. The van der Waals surface area contributed by atoms with Crippen LogP contribution in [0.1, 0.15) is 11.4 Å². The topological polar surface area (TPSA) is 300 Å². The van der Waals surface area contributed by atoms with E-state index in [0.29, 0.717) is 0 Å². The van der Waals surface area contributed by atoms with Crippen molar-refractivity contribution in [2.75, 3.05) is 60.2 Å². The molecule has 2 saturated heterocycles. The summed E-state index contributed by atoms with van der Waals surface area (Å²) in [6.07, 6.45) is 7.66. The maximum absolute atomic E-state index is 12.7. The van der Waals surface area contributed by atoms with Gasteiger partial charge in [0.05, 0.1) is 11.9 Å². The van der Waals surface area contributed by atoms with E-state index in [-0.39, 0.29) is 115 Å². The Hall–Kier alpha value is -2.50. The van der Waals surface area contributed by atoms with E-state index in [4.69, 9.17) is 11.5 Å². The SMILES string of the molecule is CSCC1=CN2C(=O)[C@@H](NC(=O)/C(=N\OCC(=O)[O-])c3csc(N)n3)[C@@H]2SC1.CSCC1=CN2C(=O)[C@@H](NC(=O)/C(=N\OCC(=O)[O-])c3csc(N)n3)[C@@H]2SC1.[Na+].[Na+]. The summed E-state index contributed by atoms with van der Waals surface area (Å²) in [7, 11) is 0. The van der Waals surface area contributed by atoms with Gasteiger partial charge in [-0.2, -0.15) is 23.5 Å². The number of nitrogens with zero attached hydrogens (tertiary/aromatic N) is 6. The minimum absolute atomic E-state index is 0. The molecule has 2 aromatic heterocycles. The first-order chi connectivity index (χ1) is 26.8. The van der Waals surface area contributed by atoms with Crippen molar-refractivity contribution in [3.05, 3.63) is 45.7 Å². The number of amides is 4. The standard InChI is InChI=1S/2C15H17N5O5S3.2Na/c2*1-26-4-7-2-20-13(24)11(14(20)27-5-7)18-12(23)10(19-25-3-9(21)22)8-6-28-15(16)17-8;;/h2*2,6,11,14H,3-5H2,1H3,(H2,16,17)(H,18,23)(H,21,22);;/q;;2*+1/p-2/b2*19-10-;;/t2*11-,14+;;/m11../s1. The van der Waals surface area contributed by atoms with Crippen molar-refractivity contribution >= 4 is 127 Å². The van der Waals surface area contributed by atoms with E-state index in [1.54, 1.807) is 56.8 Å².